The molecule has 4 aromatic rings. The van der Waals surface area contributed by atoms with Crippen molar-refractivity contribution in [3.63, 3.8) is 0 Å². The van der Waals surface area contributed by atoms with Crippen LogP contribution in [0.25, 0.3) is 22.3 Å². The van der Waals surface area contributed by atoms with Crippen molar-refractivity contribution in [1.29, 1.82) is 5.41 Å². The van der Waals surface area contributed by atoms with Gasteiger partial charge in [-0.15, -0.1) is 0 Å². The van der Waals surface area contributed by atoms with Gasteiger partial charge in [0.2, 0.25) is 0 Å². The molecule has 4 aliphatic rings. The van der Waals surface area contributed by atoms with Crippen molar-refractivity contribution >= 4 is 52.7 Å². The Hall–Kier alpha value is -4.64. The molecule has 12 heteroatoms. The Bertz CT molecular complexity index is 2000. The average molecular weight is 718 g/mol. The summed E-state index contributed by atoms with van der Waals surface area (Å²) in [6.45, 7) is 1.19. The standard InChI is InChI=1S/C38H35Cl2FN4O5/c1-43-33-10-9-21(11-24(33)16-42)23-12-30(39)35(31(40)13-23)37(46)44-17-22-5-3-8-27(36(22)50-20-44)28-15-34(29(14-32(28)41)38(47)48-2)45-18-26-7-4-6-25(45)19-49-26/h3,5,8-16,25-26,42-43H,4,6-7,17-20H2,1-2H3. The van der Waals surface area contributed by atoms with Crippen molar-refractivity contribution in [2.75, 3.05) is 44.3 Å². The largest absolute Gasteiger partial charge is 0.472 e. The number of hydrogen-bond donors (Lipinski definition) is 2. The van der Waals surface area contributed by atoms with Crippen LogP contribution >= 0.6 is 23.2 Å². The lowest BCUT2D eigenvalue weighted by atomic mass is 9.96. The summed E-state index contributed by atoms with van der Waals surface area (Å²) in [5, 5.41) is 11.2. The third-order valence-electron chi connectivity index (χ3n) is 9.69. The second-order valence-corrected chi connectivity index (χ2v) is 13.4. The van der Waals surface area contributed by atoms with E-state index in [0.717, 1.165) is 30.5 Å². The van der Waals surface area contributed by atoms with Gasteiger partial charge in [0, 0.05) is 47.7 Å². The highest BCUT2D eigenvalue weighted by Crippen LogP contribution is 2.42. The Balaban J connectivity index is 1.19. The maximum Gasteiger partial charge on any atom is 0.340 e. The Morgan fingerprint density at radius 3 is 2.58 bits per heavy atom. The first-order valence-corrected chi connectivity index (χ1v) is 17.1. The summed E-state index contributed by atoms with van der Waals surface area (Å²) in [5.74, 6) is -1.16. The number of para-hydroxylation sites is 1. The summed E-state index contributed by atoms with van der Waals surface area (Å²) in [6, 6.07) is 17.3. The molecule has 4 aliphatic heterocycles. The monoisotopic (exact) mass is 716 g/mol. The quantitative estimate of drug-likeness (QED) is 0.147. The minimum absolute atomic E-state index is 0.0346. The van der Waals surface area contributed by atoms with Gasteiger partial charge in [-0.05, 0) is 66.8 Å². The molecule has 0 spiro atoms. The van der Waals surface area contributed by atoms with Crippen LogP contribution in [-0.2, 0) is 16.0 Å². The van der Waals surface area contributed by atoms with Crippen molar-refractivity contribution in [3.8, 4) is 28.0 Å². The van der Waals surface area contributed by atoms with E-state index in [1.54, 1.807) is 37.4 Å². The molecule has 2 unspecified atom stereocenters. The highest BCUT2D eigenvalue weighted by atomic mass is 35.5. The van der Waals surface area contributed by atoms with Crippen molar-refractivity contribution in [1.82, 2.24) is 4.90 Å². The van der Waals surface area contributed by atoms with E-state index in [2.05, 4.69) is 10.2 Å². The topological polar surface area (TPSA) is 104 Å². The van der Waals surface area contributed by atoms with Crippen LogP contribution in [0.5, 0.6) is 5.75 Å². The van der Waals surface area contributed by atoms with Crippen molar-refractivity contribution in [2.45, 2.75) is 38.0 Å². The highest BCUT2D eigenvalue weighted by Gasteiger charge is 2.36. The lowest BCUT2D eigenvalue weighted by Gasteiger charge is -2.39. The minimum atomic E-state index is -0.611. The van der Waals surface area contributed by atoms with Gasteiger partial charge < -0.3 is 34.7 Å². The van der Waals surface area contributed by atoms with Crippen LogP contribution in [0.3, 0.4) is 0 Å². The zero-order chi connectivity index (χ0) is 35.1. The average Bonchev–Trinajstić information content (AvgIpc) is 3.49. The van der Waals surface area contributed by atoms with Crippen molar-refractivity contribution in [3.05, 3.63) is 98.8 Å². The third-order valence-corrected chi connectivity index (χ3v) is 10.3. The van der Waals surface area contributed by atoms with E-state index in [1.165, 1.54) is 24.3 Å². The number of halogens is 3. The second-order valence-electron chi connectivity index (χ2n) is 12.6. The van der Waals surface area contributed by atoms with Gasteiger partial charge in [-0.2, -0.15) is 0 Å². The van der Waals surface area contributed by atoms with Gasteiger partial charge in [-0.3, -0.25) is 4.79 Å². The minimum Gasteiger partial charge on any atom is -0.472 e. The van der Waals surface area contributed by atoms with Crippen LogP contribution in [0.4, 0.5) is 15.8 Å². The molecule has 4 heterocycles. The molecule has 2 N–H and O–H groups in total. The molecule has 3 fully saturated rings. The van der Waals surface area contributed by atoms with Gasteiger partial charge in [0.1, 0.15) is 11.6 Å². The maximum absolute atomic E-state index is 16.0. The van der Waals surface area contributed by atoms with Crippen LogP contribution < -0.4 is 15.0 Å². The van der Waals surface area contributed by atoms with Crippen LogP contribution in [0.2, 0.25) is 10.0 Å². The predicted molar refractivity (Wildman–Crippen MR) is 193 cm³/mol. The van der Waals surface area contributed by atoms with Gasteiger partial charge in [0.25, 0.3) is 5.91 Å². The number of hydrogen-bond acceptors (Lipinski definition) is 8. The normalized spacial score (nSPS) is 18.2. The number of nitrogens with one attached hydrogen (secondary N) is 2. The van der Waals surface area contributed by atoms with Crippen LogP contribution in [-0.4, -0.2) is 69.2 Å². The van der Waals surface area contributed by atoms with Gasteiger partial charge in [0.05, 0.1) is 59.3 Å². The number of benzene rings is 4. The molecule has 9 nitrogen and oxygen atoms in total. The number of carbonyl (C=O) groups excluding carboxylic acids is 2. The fraction of sp³-hybridized carbons (Fsp3) is 0.289. The van der Waals surface area contributed by atoms with Gasteiger partial charge in [-0.25, -0.2) is 9.18 Å². The van der Waals surface area contributed by atoms with E-state index in [4.69, 9.17) is 42.8 Å². The first kappa shape index (κ1) is 33.8. The number of morpholine rings is 1. The molecular weight excluding hydrogens is 682 g/mol. The lowest BCUT2D eigenvalue weighted by molar-refractivity contribution is 0.0305. The maximum atomic E-state index is 16.0. The number of methoxy groups -OCH3 is 1. The van der Waals surface area contributed by atoms with E-state index in [1.807, 2.05) is 24.3 Å². The zero-order valence-electron chi connectivity index (χ0n) is 27.5. The number of ether oxygens (including phenoxy) is 3. The molecule has 0 aromatic heterocycles. The van der Waals surface area contributed by atoms with Gasteiger partial charge >= 0.3 is 5.97 Å². The second kappa shape index (κ2) is 13.9. The van der Waals surface area contributed by atoms with E-state index >= 15 is 4.39 Å². The number of nitrogens with zero attached hydrogens (tertiary/aromatic N) is 2. The first-order chi connectivity index (χ1) is 24.2. The third kappa shape index (κ3) is 6.16. The summed E-state index contributed by atoms with van der Waals surface area (Å²) in [5.41, 5.74) is 5.36. The fourth-order valence-corrected chi connectivity index (χ4v) is 7.78. The molecule has 1 amide bonds. The number of esters is 1. The number of anilines is 2. The Labute approximate surface area is 299 Å². The van der Waals surface area contributed by atoms with Gasteiger partial charge in [0.15, 0.2) is 6.73 Å². The molecule has 258 valence electrons. The summed E-state index contributed by atoms with van der Waals surface area (Å²) >= 11 is 13.4. The molecule has 4 aromatic carbocycles. The fourth-order valence-electron chi connectivity index (χ4n) is 7.14. The molecule has 3 saturated heterocycles. The molecule has 0 radical (unpaired) electrons. The van der Waals surface area contributed by atoms with Crippen LogP contribution in [0.1, 0.15) is 51.1 Å². The van der Waals surface area contributed by atoms with E-state index in [-0.39, 0.29) is 52.2 Å². The smallest absolute Gasteiger partial charge is 0.340 e. The number of amides is 1. The number of rotatable bonds is 7. The molecular formula is C38H35Cl2FN4O5. The number of carbonyl (C=O) groups is 2. The molecule has 0 saturated carbocycles. The Morgan fingerprint density at radius 2 is 1.84 bits per heavy atom. The molecule has 0 aliphatic carbocycles. The highest BCUT2D eigenvalue weighted by molar-refractivity contribution is 6.40. The Kier molecular flexibility index (Phi) is 9.43. The lowest BCUT2D eigenvalue weighted by Crippen LogP contribution is -2.48. The molecule has 50 heavy (non-hydrogen) atoms. The van der Waals surface area contributed by atoms with E-state index in [0.29, 0.717) is 46.8 Å². The summed E-state index contributed by atoms with van der Waals surface area (Å²) in [7, 11) is 3.07. The first-order valence-electron chi connectivity index (χ1n) is 16.4. The predicted octanol–water partition coefficient (Wildman–Crippen LogP) is 8.04. The summed E-state index contributed by atoms with van der Waals surface area (Å²) in [6.07, 6.45) is 4.15. The van der Waals surface area contributed by atoms with E-state index < -0.39 is 17.7 Å². The van der Waals surface area contributed by atoms with E-state index in [9.17, 15) is 9.59 Å². The van der Waals surface area contributed by atoms with Gasteiger partial charge in [-0.1, -0.05) is 47.5 Å². The summed E-state index contributed by atoms with van der Waals surface area (Å²) < 4.78 is 33.2. The molecule has 8 rings (SSSR count). The van der Waals surface area contributed by atoms with Crippen LogP contribution in [0, 0.1) is 11.2 Å². The Morgan fingerprint density at radius 1 is 1.04 bits per heavy atom. The zero-order valence-corrected chi connectivity index (χ0v) is 29.0. The number of fused-ring (bicyclic) bond motifs is 5. The van der Waals surface area contributed by atoms with Crippen molar-refractivity contribution in [2.24, 2.45) is 0 Å². The summed E-state index contributed by atoms with van der Waals surface area (Å²) in [4.78, 5) is 30.4. The molecule has 2 bridgehead atoms. The van der Waals surface area contributed by atoms with Crippen LogP contribution in [0.15, 0.2) is 60.7 Å². The SMILES string of the molecule is CNc1ccc(-c2cc(Cl)c(C(=O)N3COc4c(cccc4-c4cc(N5CC6CCCC5CO6)c(C(=O)OC)cc4F)C3)c(Cl)c2)cc1C=N. The van der Waals surface area contributed by atoms with Crippen molar-refractivity contribution < 1.29 is 28.2 Å². The molecule has 2 atom stereocenters.